The molecule has 3 saturated carbocycles. The van der Waals surface area contributed by atoms with E-state index in [0.717, 1.165) is 17.0 Å². The molecule has 0 atom stereocenters. The largest absolute Gasteiger partial charge is 0.122 e. The zero-order valence-corrected chi connectivity index (χ0v) is 17.3. The Bertz CT molecular complexity index is 246. The number of hydrogen-bond donors (Lipinski definition) is 0. The third-order valence-corrected chi connectivity index (χ3v) is 13.8. The number of halogens is 1. The first-order valence-electron chi connectivity index (χ1n) is 9.39. The van der Waals surface area contributed by atoms with E-state index in [1.807, 2.05) is 0 Å². The molecule has 0 bridgehead atoms. The molecule has 0 unspecified atom stereocenters. The average molecular weight is 513 g/mol. The Kier molecular flexibility index (Phi) is 8.12. The standard InChI is InChI=1S/C18H33ClP.Au/c19-20(16-10-4-1-5-11-16,17-12-6-2-7-13-17)18-14-8-3-9-15-18;/h16-18H,1-15H2;/q+1;. The predicted molar refractivity (Wildman–Crippen MR) is 93.4 cm³/mol. The molecule has 3 aliphatic carbocycles. The Morgan fingerprint density at radius 2 is 0.714 bits per heavy atom. The van der Waals surface area contributed by atoms with Gasteiger partial charge < -0.3 is 0 Å². The van der Waals surface area contributed by atoms with Crippen molar-refractivity contribution in [2.45, 2.75) is 113 Å². The molecule has 0 aromatic heterocycles. The van der Waals surface area contributed by atoms with Gasteiger partial charge in [-0.05, 0) is 77.0 Å². The normalized spacial score (nSPS) is 27.3. The maximum absolute atomic E-state index is 7.69. The Hall–Kier alpha value is 1.46. The molecule has 3 heteroatoms. The van der Waals surface area contributed by atoms with Crippen molar-refractivity contribution < 1.29 is 22.4 Å². The number of rotatable bonds is 3. The van der Waals surface area contributed by atoms with Gasteiger partial charge in [-0.25, -0.2) is 0 Å². The maximum Gasteiger partial charge on any atom is 0.122 e. The molecule has 0 nitrogen and oxygen atoms in total. The summed E-state index contributed by atoms with van der Waals surface area (Å²) in [7, 11) is 0. The minimum Gasteiger partial charge on any atom is -0.0530 e. The van der Waals surface area contributed by atoms with Crippen molar-refractivity contribution in [3.63, 3.8) is 0 Å². The van der Waals surface area contributed by atoms with Crippen molar-refractivity contribution in [1.82, 2.24) is 0 Å². The van der Waals surface area contributed by atoms with Crippen molar-refractivity contribution in [2.24, 2.45) is 0 Å². The molecule has 0 aromatic carbocycles. The third-order valence-electron chi connectivity index (χ3n) is 6.40. The van der Waals surface area contributed by atoms with Crippen LogP contribution in [0.3, 0.4) is 0 Å². The van der Waals surface area contributed by atoms with Gasteiger partial charge in [0.1, 0.15) is 6.62 Å². The van der Waals surface area contributed by atoms with Gasteiger partial charge in [-0.3, -0.25) is 0 Å². The summed E-state index contributed by atoms with van der Waals surface area (Å²) in [6.07, 6.45) is 22.1. The monoisotopic (exact) mass is 512 g/mol. The van der Waals surface area contributed by atoms with Gasteiger partial charge in [-0.2, -0.15) is 0 Å². The van der Waals surface area contributed by atoms with Crippen LogP contribution in [-0.2, 0) is 22.4 Å². The van der Waals surface area contributed by atoms with Gasteiger partial charge in [0.15, 0.2) is 0 Å². The molecule has 0 spiro atoms. The average Bonchev–Trinajstić information content (AvgIpc) is 2.56. The molecule has 3 rings (SSSR count). The molecular formula is C18H33AuClP+. The molecule has 0 aliphatic heterocycles. The van der Waals surface area contributed by atoms with Gasteiger partial charge in [-0.1, -0.05) is 19.3 Å². The van der Waals surface area contributed by atoms with E-state index in [-0.39, 0.29) is 22.4 Å². The van der Waals surface area contributed by atoms with E-state index in [4.69, 9.17) is 11.2 Å². The van der Waals surface area contributed by atoms with Crippen molar-refractivity contribution in [3.05, 3.63) is 0 Å². The summed E-state index contributed by atoms with van der Waals surface area (Å²) in [5.41, 5.74) is 2.84. The molecule has 3 fully saturated rings. The molecule has 1 radical (unpaired) electrons. The Morgan fingerprint density at radius 1 is 0.476 bits per heavy atom. The minimum atomic E-state index is -1.22. The van der Waals surface area contributed by atoms with Crippen LogP contribution in [0.15, 0.2) is 0 Å². The fraction of sp³-hybridized carbons (Fsp3) is 1.00. The summed E-state index contributed by atoms with van der Waals surface area (Å²) in [5, 5.41) is 0. The fourth-order valence-electron chi connectivity index (χ4n) is 5.32. The van der Waals surface area contributed by atoms with Crippen LogP contribution < -0.4 is 0 Å². The molecule has 0 amide bonds. The van der Waals surface area contributed by atoms with E-state index in [2.05, 4.69) is 0 Å². The predicted octanol–water partition coefficient (Wildman–Crippen LogP) is 7.15. The topological polar surface area (TPSA) is 0 Å². The van der Waals surface area contributed by atoms with Crippen LogP contribution in [0.1, 0.15) is 96.3 Å². The van der Waals surface area contributed by atoms with Gasteiger partial charge in [0.25, 0.3) is 0 Å². The van der Waals surface area contributed by atoms with Crippen molar-refractivity contribution in [3.8, 4) is 0 Å². The summed E-state index contributed by atoms with van der Waals surface area (Å²) in [5.74, 6) is 0. The second-order valence-corrected chi connectivity index (χ2v) is 13.0. The maximum atomic E-state index is 7.69. The first kappa shape index (κ1) is 18.8. The molecule has 0 heterocycles. The summed E-state index contributed by atoms with van der Waals surface area (Å²) < 4.78 is 0. The molecule has 0 aromatic rings. The van der Waals surface area contributed by atoms with Crippen LogP contribution in [0.4, 0.5) is 0 Å². The Labute approximate surface area is 153 Å². The second kappa shape index (κ2) is 9.08. The van der Waals surface area contributed by atoms with E-state index in [1.54, 1.807) is 0 Å². The summed E-state index contributed by atoms with van der Waals surface area (Å²) in [6, 6.07) is 0. The quantitative estimate of drug-likeness (QED) is 0.278. The smallest absolute Gasteiger partial charge is 0.0530 e. The van der Waals surface area contributed by atoms with Gasteiger partial charge in [0.05, 0.1) is 28.2 Å². The molecular weight excluding hydrogens is 480 g/mol. The Balaban J connectivity index is 0.00000161. The van der Waals surface area contributed by atoms with Gasteiger partial charge >= 0.3 is 0 Å². The van der Waals surface area contributed by atoms with Crippen molar-refractivity contribution in [1.29, 1.82) is 0 Å². The van der Waals surface area contributed by atoms with E-state index < -0.39 is 6.62 Å². The molecule has 0 N–H and O–H groups in total. The van der Waals surface area contributed by atoms with E-state index >= 15 is 0 Å². The van der Waals surface area contributed by atoms with Crippen molar-refractivity contribution >= 4 is 17.9 Å². The first-order chi connectivity index (χ1) is 9.82. The first-order valence-corrected chi connectivity index (χ1v) is 12.3. The zero-order valence-electron chi connectivity index (χ0n) is 13.5. The molecule has 0 saturated heterocycles. The number of hydrogen-bond acceptors (Lipinski definition) is 0. The van der Waals surface area contributed by atoms with Crippen LogP contribution in [0.25, 0.3) is 0 Å². The van der Waals surface area contributed by atoms with E-state index in [9.17, 15) is 0 Å². The van der Waals surface area contributed by atoms with Crippen LogP contribution in [0, 0.1) is 0 Å². The van der Waals surface area contributed by atoms with Crippen LogP contribution in [0.5, 0.6) is 0 Å². The SMILES string of the molecule is Cl[P+](C1CCCCC1)(C1CCCCC1)C1CCCCC1.[Au]. The Morgan fingerprint density at radius 3 is 0.952 bits per heavy atom. The third kappa shape index (κ3) is 4.30. The van der Waals surface area contributed by atoms with Crippen LogP contribution in [0.2, 0.25) is 0 Å². The second-order valence-electron chi connectivity index (χ2n) is 7.62. The van der Waals surface area contributed by atoms with Crippen LogP contribution in [-0.4, -0.2) is 17.0 Å². The minimum absolute atomic E-state index is 0. The molecule has 3 aliphatic rings. The fourth-order valence-corrected chi connectivity index (χ4v) is 12.3. The van der Waals surface area contributed by atoms with Gasteiger partial charge in [-0.15, -0.1) is 0 Å². The summed E-state index contributed by atoms with van der Waals surface area (Å²) >= 11 is 7.69. The summed E-state index contributed by atoms with van der Waals surface area (Å²) in [4.78, 5) is 0. The van der Waals surface area contributed by atoms with Gasteiger partial charge in [0, 0.05) is 22.4 Å². The molecule has 21 heavy (non-hydrogen) atoms. The molecule has 127 valence electrons. The zero-order chi connectivity index (χ0) is 13.8. The van der Waals surface area contributed by atoms with E-state index in [0.29, 0.717) is 0 Å². The van der Waals surface area contributed by atoms with Crippen molar-refractivity contribution in [2.75, 3.05) is 0 Å². The van der Waals surface area contributed by atoms with E-state index in [1.165, 1.54) is 96.3 Å². The summed E-state index contributed by atoms with van der Waals surface area (Å²) in [6.45, 7) is -1.22. The van der Waals surface area contributed by atoms with Crippen LogP contribution >= 0.6 is 17.9 Å². The van der Waals surface area contributed by atoms with Gasteiger partial charge in [0.2, 0.25) is 0 Å².